The lowest BCUT2D eigenvalue weighted by molar-refractivity contribution is 0.0992. The van der Waals surface area contributed by atoms with E-state index in [0.717, 1.165) is 33.7 Å². The summed E-state index contributed by atoms with van der Waals surface area (Å²) in [6.45, 7) is 1.85. The van der Waals surface area contributed by atoms with E-state index in [1.807, 2.05) is 73.7 Å². The van der Waals surface area contributed by atoms with Crippen molar-refractivity contribution in [2.75, 3.05) is 16.4 Å². The van der Waals surface area contributed by atoms with E-state index < -0.39 is 0 Å². The average Bonchev–Trinajstić information content (AvgIpc) is 2.85. The number of ketones is 1. The number of carbonyl (C=O) groups is 1. The molecule has 0 aliphatic rings. The number of para-hydroxylation sites is 1. The van der Waals surface area contributed by atoms with Gasteiger partial charge in [-0.25, -0.2) is 4.98 Å². The number of benzene rings is 2. The van der Waals surface area contributed by atoms with Gasteiger partial charge in [0.2, 0.25) is 5.95 Å². The molecule has 3 aromatic heterocycles. The summed E-state index contributed by atoms with van der Waals surface area (Å²) in [7, 11) is 0. The number of Topliss-reactive ketones (excluding diaryl/α,β-unsaturated/α-hetero) is 1. The number of carbonyl (C=O) groups excluding carboxylic acids is 1. The topological polar surface area (TPSA) is 119 Å². The van der Waals surface area contributed by atoms with Gasteiger partial charge in [-0.15, -0.1) is 0 Å². The molecule has 0 spiro atoms. The number of hydrogen-bond donors (Lipinski definition) is 3. The normalized spacial score (nSPS) is 10.8. The maximum atomic E-state index is 12.8. The molecule has 0 radical (unpaired) electrons. The minimum atomic E-state index is -0.00156. The first-order chi connectivity index (χ1) is 17.0. The smallest absolute Gasteiger partial charge is 0.222 e. The Morgan fingerprint density at radius 2 is 1.69 bits per heavy atom. The quantitative estimate of drug-likeness (QED) is 0.282. The van der Waals surface area contributed by atoms with E-state index in [1.165, 1.54) is 0 Å². The van der Waals surface area contributed by atoms with Crippen LogP contribution < -0.4 is 16.4 Å². The van der Waals surface area contributed by atoms with E-state index >= 15 is 0 Å². The van der Waals surface area contributed by atoms with Crippen molar-refractivity contribution in [3.8, 4) is 0 Å². The Hall–Kier alpha value is -4.85. The fraction of sp³-hybridized carbons (Fsp3) is 0.0741. The Morgan fingerprint density at radius 3 is 2.46 bits per heavy atom. The van der Waals surface area contributed by atoms with Crippen LogP contribution in [0.1, 0.15) is 21.7 Å². The Bertz CT molecular complexity index is 1470. The molecule has 2 aromatic carbocycles. The zero-order valence-electron chi connectivity index (χ0n) is 19.1. The van der Waals surface area contributed by atoms with Crippen molar-refractivity contribution >= 4 is 45.5 Å². The highest BCUT2D eigenvalue weighted by atomic mass is 16.1. The van der Waals surface area contributed by atoms with Crippen molar-refractivity contribution in [2.45, 2.75) is 13.3 Å². The summed E-state index contributed by atoms with van der Waals surface area (Å²) < 4.78 is 0. The Labute approximate surface area is 202 Å². The largest absolute Gasteiger partial charge is 0.368 e. The van der Waals surface area contributed by atoms with Crippen LogP contribution in [0.25, 0.3) is 10.9 Å². The summed E-state index contributed by atoms with van der Waals surface area (Å²) in [6, 6.07) is 22.8. The van der Waals surface area contributed by atoms with Gasteiger partial charge in [0.25, 0.3) is 0 Å². The summed E-state index contributed by atoms with van der Waals surface area (Å²) in [4.78, 5) is 29.8. The second-order valence-electron chi connectivity index (χ2n) is 8.09. The molecule has 0 saturated carbocycles. The van der Waals surface area contributed by atoms with E-state index in [9.17, 15) is 4.79 Å². The van der Waals surface area contributed by atoms with Crippen molar-refractivity contribution in [1.29, 1.82) is 0 Å². The first kappa shape index (κ1) is 22.0. The van der Waals surface area contributed by atoms with E-state index in [1.54, 1.807) is 18.5 Å². The number of anilines is 5. The molecule has 3 heterocycles. The lowest BCUT2D eigenvalue weighted by Gasteiger charge is -2.10. The zero-order chi connectivity index (χ0) is 24.2. The third-order valence-corrected chi connectivity index (χ3v) is 5.45. The number of hydrogen-bond acceptors (Lipinski definition) is 8. The number of aromatic nitrogens is 4. The molecule has 0 bridgehead atoms. The molecule has 0 fully saturated rings. The van der Waals surface area contributed by atoms with Gasteiger partial charge in [-0.1, -0.05) is 18.2 Å². The van der Waals surface area contributed by atoms with Crippen LogP contribution in [-0.4, -0.2) is 25.7 Å². The number of nitrogens with one attached hydrogen (secondary N) is 2. The predicted octanol–water partition coefficient (Wildman–Crippen LogP) is 5.22. The van der Waals surface area contributed by atoms with Gasteiger partial charge in [-0.3, -0.25) is 14.8 Å². The average molecular weight is 462 g/mol. The predicted molar refractivity (Wildman–Crippen MR) is 138 cm³/mol. The van der Waals surface area contributed by atoms with Crippen molar-refractivity contribution in [1.82, 2.24) is 19.9 Å². The van der Waals surface area contributed by atoms with E-state index in [-0.39, 0.29) is 18.2 Å². The van der Waals surface area contributed by atoms with Crippen LogP contribution in [0.2, 0.25) is 0 Å². The standard InChI is InChI=1S/C27H23N7O/c1-17-14-26(34-27(28)31-17)33-21-11-10-20(30-16-21)15-25(35)18-6-8-19(9-7-18)32-24-12-13-29-23-5-3-2-4-22(23)24/h2-14,16H,15H2,1H3,(H,29,32)(H3,28,31,33,34). The maximum Gasteiger partial charge on any atom is 0.222 e. The van der Waals surface area contributed by atoms with Crippen LogP contribution in [0.5, 0.6) is 0 Å². The van der Waals surface area contributed by atoms with E-state index in [2.05, 4.69) is 30.6 Å². The lowest BCUT2D eigenvalue weighted by atomic mass is 10.1. The van der Waals surface area contributed by atoms with Crippen LogP contribution in [0.3, 0.4) is 0 Å². The van der Waals surface area contributed by atoms with Gasteiger partial charge >= 0.3 is 0 Å². The number of fused-ring (bicyclic) bond motifs is 1. The van der Waals surface area contributed by atoms with E-state index in [4.69, 9.17) is 5.73 Å². The third-order valence-electron chi connectivity index (χ3n) is 5.45. The van der Waals surface area contributed by atoms with Crippen LogP contribution in [-0.2, 0) is 6.42 Å². The second kappa shape index (κ2) is 9.56. The molecule has 5 rings (SSSR count). The first-order valence-corrected chi connectivity index (χ1v) is 11.1. The van der Waals surface area contributed by atoms with Gasteiger partial charge in [-0.2, -0.15) is 4.98 Å². The summed E-state index contributed by atoms with van der Waals surface area (Å²) in [5, 5.41) is 7.59. The zero-order valence-corrected chi connectivity index (χ0v) is 19.1. The van der Waals surface area contributed by atoms with Gasteiger partial charge in [0, 0.05) is 46.0 Å². The highest BCUT2D eigenvalue weighted by Gasteiger charge is 2.09. The number of pyridine rings is 2. The second-order valence-corrected chi connectivity index (χ2v) is 8.09. The highest BCUT2D eigenvalue weighted by Crippen LogP contribution is 2.25. The summed E-state index contributed by atoms with van der Waals surface area (Å²) in [5.41, 5.74) is 11.3. The lowest BCUT2D eigenvalue weighted by Crippen LogP contribution is -2.06. The van der Waals surface area contributed by atoms with Crippen molar-refractivity contribution in [3.05, 3.63) is 102 Å². The maximum absolute atomic E-state index is 12.8. The number of nitrogens with zero attached hydrogens (tertiary/aromatic N) is 4. The highest BCUT2D eigenvalue weighted by molar-refractivity contribution is 5.98. The molecule has 0 unspecified atom stereocenters. The van der Waals surface area contributed by atoms with Crippen molar-refractivity contribution in [3.63, 3.8) is 0 Å². The fourth-order valence-electron chi connectivity index (χ4n) is 3.77. The Balaban J connectivity index is 1.23. The molecule has 0 aliphatic heterocycles. The van der Waals surface area contributed by atoms with Crippen molar-refractivity contribution in [2.24, 2.45) is 0 Å². The summed E-state index contributed by atoms with van der Waals surface area (Å²) in [6.07, 6.45) is 3.66. The molecule has 0 atom stereocenters. The first-order valence-electron chi connectivity index (χ1n) is 11.1. The molecule has 0 amide bonds. The van der Waals surface area contributed by atoms with Crippen LogP contribution in [0, 0.1) is 6.92 Å². The monoisotopic (exact) mass is 461 g/mol. The molecule has 0 saturated heterocycles. The Morgan fingerprint density at radius 1 is 0.886 bits per heavy atom. The Kier molecular flexibility index (Phi) is 6.00. The van der Waals surface area contributed by atoms with Gasteiger partial charge in [0.15, 0.2) is 5.78 Å². The minimum absolute atomic E-state index is 0.00156. The summed E-state index contributed by atoms with van der Waals surface area (Å²) >= 11 is 0. The molecular formula is C27H23N7O. The fourth-order valence-corrected chi connectivity index (χ4v) is 3.77. The van der Waals surface area contributed by atoms with Gasteiger partial charge in [0.05, 0.1) is 23.8 Å². The number of aryl methyl sites for hydroxylation is 1. The third kappa shape index (κ3) is 5.22. The number of rotatable bonds is 7. The van der Waals surface area contributed by atoms with Gasteiger partial charge < -0.3 is 16.4 Å². The number of nitrogens with two attached hydrogens (primary N) is 1. The van der Waals surface area contributed by atoms with E-state index in [0.29, 0.717) is 17.1 Å². The van der Waals surface area contributed by atoms with Crippen molar-refractivity contribution < 1.29 is 4.79 Å². The van der Waals surface area contributed by atoms with Gasteiger partial charge in [-0.05, 0) is 55.5 Å². The molecule has 8 nitrogen and oxygen atoms in total. The molecule has 4 N–H and O–H groups in total. The SMILES string of the molecule is Cc1cc(Nc2ccc(CC(=O)c3ccc(Nc4ccnc5ccccc45)cc3)nc2)nc(N)n1. The molecular weight excluding hydrogens is 438 g/mol. The summed E-state index contributed by atoms with van der Waals surface area (Å²) in [5.74, 6) is 0.797. The molecule has 5 aromatic rings. The van der Waals surface area contributed by atoms with Gasteiger partial charge in [0.1, 0.15) is 5.82 Å². The minimum Gasteiger partial charge on any atom is -0.368 e. The molecule has 0 aliphatic carbocycles. The van der Waals surface area contributed by atoms with Crippen LogP contribution in [0.15, 0.2) is 85.2 Å². The van der Waals surface area contributed by atoms with Crippen LogP contribution in [0.4, 0.5) is 28.8 Å². The van der Waals surface area contributed by atoms with Crippen LogP contribution >= 0.6 is 0 Å². The number of nitrogen functional groups attached to an aromatic ring is 1. The molecule has 172 valence electrons. The molecule has 8 heteroatoms. The molecule has 35 heavy (non-hydrogen) atoms.